The molecule has 0 saturated carbocycles. The molecule has 2 aromatic rings. The molecule has 3 heterocycles. The number of nitrogens with one attached hydrogen (secondary N) is 1. The second kappa shape index (κ2) is 4.97. The van der Waals surface area contributed by atoms with Gasteiger partial charge in [-0.3, -0.25) is 14.9 Å². The Balaban J connectivity index is 2.27. The quantitative estimate of drug-likeness (QED) is 0.751. The molecule has 0 spiro atoms. The van der Waals surface area contributed by atoms with Crippen LogP contribution in [0.3, 0.4) is 0 Å². The van der Waals surface area contributed by atoms with Crippen molar-refractivity contribution in [2.75, 3.05) is 0 Å². The molecule has 0 atom stereocenters. The van der Waals surface area contributed by atoms with Crippen molar-refractivity contribution >= 4 is 77.5 Å². The van der Waals surface area contributed by atoms with Crippen molar-refractivity contribution in [3.63, 3.8) is 0 Å². The summed E-state index contributed by atoms with van der Waals surface area (Å²) in [6.07, 6.45) is 0. The van der Waals surface area contributed by atoms with E-state index in [1.165, 1.54) is 22.7 Å². The van der Waals surface area contributed by atoms with Crippen molar-refractivity contribution in [1.29, 1.82) is 0 Å². The van der Waals surface area contributed by atoms with E-state index in [4.69, 9.17) is 0 Å². The van der Waals surface area contributed by atoms with Crippen LogP contribution in [0.1, 0.15) is 9.75 Å². The average Bonchev–Trinajstić information content (AvgIpc) is 3.03. The van der Waals surface area contributed by atoms with Gasteiger partial charge in [0.15, 0.2) is 0 Å². The zero-order valence-electron chi connectivity index (χ0n) is 9.20. The molecule has 2 aromatic heterocycles. The maximum atomic E-state index is 12.0. The molecule has 96 valence electrons. The fourth-order valence-electron chi connectivity index (χ4n) is 1.82. The molecule has 1 N–H and O–H groups in total. The number of carbonyl (C=O) groups is 2. The Kier molecular flexibility index (Phi) is 3.46. The highest BCUT2D eigenvalue weighted by atomic mass is 79.9. The first kappa shape index (κ1) is 13.2. The molecule has 1 aliphatic rings. The average molecular weight is 419 g/mol. The second-order valence-electron chi connectivity index (χ2n) is 3.74. The summed E-state index contributed by atoms with van der Waals surface area (Å²) in [5.41, 5.74) is 0.894. The lowest BCUT2D eigenvalue weighted by atomic mass is 10.1. The minimum absolute atomic E-state index is 0.334. The number of hydrogen-bond acceptors (Lipinski definition) is 4. The van der Waals surface area contributed by atoms with Crippen LogP contribution in [0.15, 0.2) is 31.8 Å². The number of carbonyl (C=O) groups excluding carboxylic acids is 2. The smallest absolute Gasteiger partial charge is 0.260 e. The van der Waals surface area contributed by atoms with E-state index in [9.17, 15) is 9.59 Å². The Bertz CT molecular complexity index is 716. The van der Waals surface area contributed by atoms with E-state index in [2.05, 4.69) is 37.2 Å². The molecule has 7 heteroatoms. The number of rotatable bonds is 2. The van der Waals surface area contributed by atoms with Gasteiger partial charge in [-0.2, -0.15) is 0 Å². The SMILES string of the molecule is O=C1NC(=O)C(c2scc(Br)c2Br)=C1c1cccs1. The monoisotopic (exact) mass is 417 g/mol. The Labute approximate surface area is 133 Å². The van der Waals surface area contributed by atoms with Gasteiger partial charge in [0.05, 0.1) is 20.5 Å². The van der Waals surface area contributed by atoms with E-state index in [0.717, 1.165) is 18.7 Å². The Morgan fingerprint density at radius 2 is 1.79 bits per heavy atom. The summed E-state index contributed by atoms with van der Waals surface area (Å²) in [5, 5.41) is 6.13. The fraction of sp³-hybridized carbons (Fsp3) is 0. The molecule has 0 unspecified atom stereocenters. The van der Waals surface area contributed by atoms with Crippen molar-refractivity contribution in [3.8, 4) is 0 Å². The van der Waals surface area contributed by atoms with E-state index in [1.807, 2.05) is 22.9 Å². The summed E-state index contributed by atoms with van der Waals surface area (Å²) < 4.78 is 1.67. The van der Waals surface area contributed by atoms with Gasteiger partial charge in [-0.25, -0.2) is 0 Å². The minimum atomic E-state index is -0.344. The highest BCUT2D eigenvalue weighted by Gasteiger charge is 2.34. The van der Waals surface area contributed by atoms with Crippen molar-refractivity contribution in [2.45, 2.75) is 0 Å². The number of imide groups is 1. The molecule has 0 aliphatic carbocycles. The molecule has 0 bridgehead atoms. The number of halogens is 2. The molecule has 0 aromatic carbocycles. The molecule has 3 rings (SSSR count). The normalized spacial score (nSPS) is 15.3. The summed E-state index contributed by atoms with van der Waals surface area (Å²) in [6.45, 7) is 0. The van der Waals surface area contributed by atoms with Gasteiger partial charge in [-0.05, 0) is 43.3 Å². The van der Waals surface area contributed by atoms with Crippen LogP contribution in [0, 0.1) is 0 Å². The van der Waals surface area contributed by atoms with E-state index in [1.54, 1.807) is 0 Å². The van der Waals surface area contributed by atoms with E-state index < -0.39 is 0 Å². The summed E-state index contributed by atoms with van der Waals surface area (Å²) in [4.78, 5) is 25.6. The van der Waals surface area contributed by atoms with Gasteiger partial charge < -0.3 is 0 Å². The summed E-state index contributed by atoms with van der Waals surface area (Å²) in [7, 11) is 0. The third kappa shape index (κ3) is 2.14. The van der Waals surface area contributed by atoms with E-state index >= 15 is 0 Å². The van der Waals surface area contributed by atoms with Crippen LogP contribution in [-0.2, 0) is 9.59 Å². The van der Waals surface area contributed by atoms with Gasteiger partial charge in [0.1, 0.15) is 0 Å². The first-order valence-corrected chi connectivity index (χ1v) is 8.51. The first-order chi connectivity index (χ1) is 9.09. The second-order valence-corrected chi connectivity index (χ2v) is 7.21. The fourth-order valence-corrected chi connectivity index (χ4v) is 4.81. The van der Waals surface area contributed by atoms with Crippen molar-refractivity contribution in [2.24, 2.45) is 0 Å². The van der Waals surface area contributed by atoms with Crippen LogP contribution in [0.2, 0.25) is 0 Å². The summed E-state index contributed by atoms with van der Waals surface area (Å²) in [5.74, 6) is -0.678. The zero-order valence-corrected chi connectivity index (χ0v) is 14.0. The van der Waals surface area contributed by atoms with Gasteiger partial charge >= 0.3 is 0 Å². The van der Waals surface area contributed by atoms with Crippen LogP contribution in [-0.4, -0.2) is 11.8 Å². The van der Waals surface area contributed by atoms with Crippen LogP contribution in [0.5, 0.6) is 0 Å². The zero-order chi connectivity index (χ0) is 13.6. The van der Waals surface area contributed by atoms with Crippen molar-refractivity contribution in [3.05, 3.63) is 41.6 Å². The van der Waals surface area contributed by atoms with Crippen molar-refractivity contribution < 1.29 is 9.59 Å². The standard InChI is InChI=1S/C12H5Br2NO2S2/c13-5-4-19-10(9(5)14)8-7(6-2-1-3-18-6)11(16)15-12(8)17/h1-4H,(H,15,16,17). The molecule has 2 amide bonds. The molecule has 0 fully saturated rings. The number of hydrogen-bond donors (Lipinski definition) is 1. The molecular weight excluding hydrogens is 414 g/mol. The molecule has 3 nitrogen and oxygen atoms in total. The van der Waals surface area contributed by atoms with Gasteiger partial charge in [0.25, 0.3) is 11.8 Å². The van der Waals surface area contributed by atoms with Crippen molar-refractivity contribution in [1.82, 2.24) is 5.32 Å². The highest BCUT2D eigenvalue weighted by molar-refractivity contribution is 9.13. The lowest BCUT2D eigenvalue weighted by Crippen LogP contribution is -2.22. The van der Waals surface area contributed by atoms with Crippen LogP contribution in [0.25, 0.3) is 11.1 Å². The molecule has 1 aliphatic heterocycles. The number of amides is 2. The maximum absolute atomic E-state index is 12.0. The minimum Gasteiger partial charge on any atom is -0.288 e. The predicted octanol–water partition coefficient (Wildman–Crippen LogP) is 3.90. The molecular formula is C12H5Br2NO2S2. The highest BCUT2D eigenvalue weighted by Crippen LogP contribution is 2.42. The van der Waals surface area contributed by atoms with Crippen LogP contribution in [0.4, 0.5) is 0 Å². The van der Waals surface area contributed by atoms with Crippen LogP contribution < -0.4 is 5.32 Å². The van der Waals surface area contributed by atoms with E-state index in [-0.39, 0.29) is 11.8 Å². The third-order valence-electron chi connectivity index (χ3n) is 2.62. The van der Waals surface area contributed by atoms with Gasteiger partial charge in [0, 0.05) is 14.7 Å². The van der Waals surface area contributed by atoms with E-state index in [0.29, 0.717) is 11.1 Å². The van der Waals surface area contributed by atoms with Gasteiger partial charge in [-0.15, -0.1) is 22.7 Å². The number of thiophene rings is 2. The summed E-state index contributed by atoms with van der Waals surface area (Å²) in [6, 6.07) is 3.70. The Morgan fingerprint density at radius 1 is 1.05 bits per heavy atom. The molecule has 0 radical (unpaired) electrons. The largest absolute Gasteiger partial charge is 0.288 e. The lowest BCUT2D eigenvalue weighted by Gasteiger charge is -2.00. The topological polar surface area (TPSA) is 46.2 Å². The van der Waals surface area contributed by atoms with Gasteiger partial charge in [0.2, 0.25) is 0 Å². The Morgan fingerprint density at radius 3 is 2.37 bits per heavy atom. The van der Waals surface area contributed by atoms with Crippen LogP contribution >= 0.6 is 54.5 Å². The molecule has 19 heavy (non-hydrogen) atoms. The maximum Gasteiger partial charge on any atom is 0.260 e. The summed E-state index contributed by atoms with van der Waals surface area (Å²) >= 11 is 9.70. The molecule has 0 saturated heterocycles. The Hall–Kier alpha value is -0.760. The predicted molar refractivity (Wildman–Crippen MR) is 84.0 cm³/mol. The third-order valence-corrected chi connectivity index (χ3v) is 7.05. The lowest BCUT2D eigenvalue weighted by molar-refractivity contribution is -0.122. The van der Waals surface area contributed by atoms with Gasteiger partial charge in [-0.1, -0.05) is 6.07 Å². The first-order valence-electron chi connectivity index (χ1n) is 5.16.